The average Bonchev–Trinajstić information content (AvgIpc) is 2.69. The second kappa shape index (κ2) is 7.37. The molecule has 0 amide bonds. The van der Waals surface area contributed by atoms with E-state index in [9.17, 15) is 8.78 Å². The van der Waals surface area contributed by atoms with Crippen molar-refractivity contribution in [2.75, 3.05) is 7.05 Å². The van der Waals surface area contributed by atoms with Crippen LogP contribution >= 0.6 is 11.6 Å². The molecule has 1 atom stereocenters. The molecule has 1 saturated carbocycles. The molecular weight excluding hydrogens is 280 g/mol. The standard InChI is InChI=1S/C16H22ClF2N/c1-20-16(8-11-6-4-2-3-5-7-11)12-9-14(18)15(19)10-13(12)17/h9-11,16,20H,2-8H2,1H3. The maximum absolute atomic E-state index is 13.4. The third kappa shape index (κ3) is 3.92. The van der Waals surface area contributed by atoms with E-state index in [4.69, 9.17) is 11.6 Å². The van der Waals surface area contributed by atoms with Crippen LogP contribution in [0.4, 0.5) is 8.78 Å². The van der Waals surface area contributed by atoms with Crippen molar-refractivity contribution in [3.05, 3.63) is 34.4 Å². The summed E-state index contributed by atoms with van der Waals surface area (Å²) in [7, 11) is 1.85. The van der Waals surface area contributed by atoms with Crippen molar-refractivity contribution < 1.29 is 8.78 Å². The van der Waals surface area contributed by atoms with E-state index >= 15 is 0 Å². The van der Waals surface area contributed by atoms with Crippen LogP contribution in [0.1, 0.15) is 56.6 Å². The van der Waals surface area contributed by atoms with E-state index in [1.165, 1.54) is 44.6 Å². The van der Waals surface area contributed by atoms with Gasteiger partial charge in [-0.3, -0.25) is 0 Å². The molecule has 1 fully saturated rings. The first-order valence-electron chi connectivity index (χ1n) is 7.43. The number of halogens is 3. The molecule has 112 valence electrons. The number of hydrogen-bond donors (Lipinski definition) is 1. The molecule has 0 heterocycles. The molecule has 4 heteroatoms. The zero-order valence-electron chi connectivity index (χ0n) is 11.9. The predicted molar refractivity (Wildman–Crippen MR) is 79.0 cm³/mol. The Bertz CT molecular complexity index is 442. The first kappa shape index (κ1) is 15.7. The van der Waals surface area contributed by atoms with E-state index in [0.717, 1.165) is 12.5 Å². The number of benzene rings is 1. The highest BCUT2D eigenvalue weighted by molar-refractivity contribution is 6.31. The van der Waals surface area contributed by atoms with Crippen LogP contribution in [0.5, 0.6) is 0 Å². The third-order valence-electron chi connectivity index (χ3n) is 4.31. The van der Waals surface area contributed by atoms with Gasteiger partial charge in [-0.2, -0.15) is 0 Å². The molecule has 1 aliphatic carbocycles. The minimum atomic E-state index is -0.886. The van der Waals surface area contributed by atoms with Gasteiger partial charge < -0.3 is 5.32 Å². The summed E-state index contributed by atoms with van der Waals surface area (Å²) in [5, 5.41) is 3.50. The van der Waals surface area contributed by atoms with Crippen molar-refractivity contribution in [1.29, 1.82) is 0 Å². The lowest BCUT2D eigenvalue weighted by Gasteiger charge is -2.23. The largest absolute Gasteiger partial charge is 0.313 e. The fourth-order valence-corrected chi connectivity index (χ4v) is 3.42. The molecule has 0 aromatic heterocycles. The summed E-state index contributed by atoms with van der Waals surface area (Å²) in [6.45, 7) is 0. The SMILES string of the molecule is CNC(CC1CCCCCC1)c1cc(F)c(F)cc1Cl. The Kier molecular flexibility index (Phi) is 5.79. The van der Waals surface area contributed by atoms with Gasteiger partial charge in [-0.25, -0.2) is 8.78 Å². The van der Waals surface area contributed by atoms with Gasteiger partial charge in [-0.15, -0.1) is 0 Å². The lowest BCUT2D eigenvalue weighted by Crippen LogP contribution is -2.20. The molecular formula is C16H22ClF2N. The first-order chi connectivity index (χ1) is 9.61. The van der Waals surface area contributed by atoms with Crippen LogP contribution in [0, 0.1) is 17.6 Å². The highest BCUT2D eigenvalue weighted by atomic mass is 35.5. The predicted octanol–water partition coefficient (Wildman–Crippen LogP) is 5.24. The van der Waals surface area contributed by atoms with E-state index in [-0.39, 0.29) is 6.04 Å². The van der Waals surface area contributed by atoms with Gasteiger partial charge in [-0.05, 0) is 37.1 Å². The van der Waals surface area contributed by atoms with E-state index in [1.807, 2.05) is 7.05 Å². The normalized spacial score (nSPS) is 18.8. The van der Waals surface area contributed by atoms with Gasteiger partial charge in [0.1, 0.15) is 0 Å². The summed E-state index contributed by atoms with van der Waals surface area (Å²) < 4.78 is 26.6. The fraction of sp³-hybridized carbons (Fsp3) is 0.625. The second-order valence-corrected chi connectivity index (χ2v) is 6.13. The molecule has 1 aromatic rings. The van der Waals surface area contributed by atoms with Crippen molar-refractivity contribution in [2.45, 2.75) is 51.0 Å². The van der Waals surface area contributed by atoms with Crippen LogP contribution in [0.25, 0.3) is 0 Å². The molecule has 1 aliphatic rings. The van der Waals surface area contributed by atoms with Crippen LogP contribution in [-0.2, 0) is 0 Å². The zero-order valence-corrected chi connectivity index (χ0v) is 12.6. The lowest BCUT2D eigenvalue weighted by atomic mass is 9.89. The molecule has 20 heavy (non-hydrogen) atoms. The number of rotatable bonds is 4. The minimum absolute atomic E-state index is 0.0132. The lowest BCUT2D eigenvalue weighted by molar-refractivity contribution is 0.367. The van der Waals surface area contributed by atoms with Crippen LogP contribution in [0.2, 0.25) is 5.02 Å². The Morgan fingerprint density at radius 3 is 2.35 bits per heavy atom. The van der Waals surface area contributed by atoms with Crippen LogP contribution in [-0.4, -0.2) is 7.05 Å². The Morgan fingerprint density at radius 1 is 1.15 bits per heavy atom. The average molecular weight is 302 g/mol. The summed E-state index contributed by atoms with van der Waals surface area (Å²) in [6, 6.07) is 2.29. The molecule has 1 N–H and O–H groups in total. The first-order valence-corrected chi connectivity index (χ1v) is 7.81. The van der Waals surface area contributed by atoms with Crippen molar-refractivity contribution in [1.82, 2.24) is 5.32 Å². The van der Waals surface area contributed by atoms with Gasteiger partial charge >= 0.3 is 0 Å². The second-order valence-electron chi connectivity index (χ2n) is 5.72. The number of hydrogen-bond acceptors (Lipinski definition) is 1. The Balaban J connectivity index is 2.13. The molecule has 0 bridgehead atoms. The van der Waals surface area contributed by atoms with Gasteiger partial charge in [0.15, 0.2) is 11.6 Å². The summed E-state index contributed by atoms with van der Waals surface area (Å²) in [4.78, 5) is 0. The third-order valence-corrected chi connectivity index (χ3v) is 4.63. The fourth-order valence-electron chi connectivity index (χ4n) is 3.14. The maximum Gasteiger partial charge on any atom is 0.160 e. The number of nitrogens with one attached hydrogen (secondary N) is 1. The summed E-state index contributed by atoms with van der Waals surface area (Å²) in [5.74, 6) is -1.08. The van der Waals surface area contributed by atoms with E-state index in [0.29, 0.717) is 16.5 Å². The molecule has 1 aromatic carbocycles. The minimum Gasteiger partial charge on any atom is -0.313 e. The summed E-state index contributed by atoms with van der Waals surface area (Å²) >= 11 is 6.08. The van der Waals surface area contributed by atoms with Crippen LogP contribution < -0.4 is 5.32 Å². The quantitative estimate of drug-likeness (QED) is 0.592. The molecule has 2 rings (SSSR count). The van der Waals surface area contributed by atoms with Gasteiger partial charge in [0.25, 0.3) is 0 Å². The highest BCUT2D eigenvalue weighted by Crippen LogP contribution is 2.34. The van der Waals surface area contributed by atoms with Crippen LogP contribution in [0.3, 0.4) is 0 Å². The zero-order chi connectivity index (χ0) is 14.5. The smallest absolute Gasteiger partial charge is 0.160 e. The summed E-state index contributed by atoms with van der Waals surface area (Å²) in [6.07, 6.45) is 8.54. The molecule has 1 nitrogen and oxygen atoms in total. The van der Waals surface area contributed by atoms with Crippen molar-refractivity contribution in [3.8, 4) is 0 Å². The Morgan fingerprint density at radius 2 is 1.75 bits per heavy atom. The van der Waals surface area contributed by atoms with E-state index < -0.39 is 11.6 Å². The van der Waals surface area contributed by atoms with Gasteiger partial charge in [0.2, 0.25) is 0 Å². The highest BCUT2D eigenvalue weighted by Gasteiger charge is 2.21. The Labute approximate surface area is 124 Å². The van der Waals surface area contributed by atoms with Gasteiger partial charge in [0, 0.05) is 11.1 Å². The maximum atomic E-state index is 13.4. The molecule has 0 spiro atoms. The monoisotopic (exact) mass is 301 g/mol. The van der Waals surface area contributed by atoms with Crippen molar-refractivity contribution >= 4 is 11.6 Å². The van der Waals surface area contributed by atoms with E-state index in [1.54, 1.807) is 0 Å². The van der Waals surface area contributed by atoms with Crippen molar-refractivity contribution in [3.63, 3.8) is 0 Å². The topological polar surface area (TPSA) is 12.0 Å². The van der Waals surface area contributed by atoms with Gasteiger partial charge in [0.05, 0.1) is 0 Å². The molecule has 0 aliphatic heterocycles. The molecule has 0 saturated heterocycles. The van der Waals surface area contributed by atoms with Gasteiger partial charge in [-0.1, -0.05) is 50.1 Å². The summed E-state index contributed by atoms with van der Waals surface area (Å²) in [5.41, 5.74) is 0.664. The Hall–Kier alpha value is -0.670. The molecule has 1 unspecified atom stereocenters. The van der Waals surface area contributed by atoms with Crippen molar-refractivity contribution in [2.24, 2.45) is 5.92 Å². The molecule has 0 radical (unpaired) electrons. The van der Waals surface area contributed by atoms with Crippen LogP contribution in [0.15, 0.2) is 12.1 Å². The van der Waals surface area contributed by atoms with E-state index in [2.05, 4.69) is 5.32 Å².